The Bertz CT molecular complexity index is 530. The fourth-order valence-electron chi connectivity index (χ4n) is 3.69. The zero-order valence-electron chi connectivity index (χ0n) is 14.3. The first-order chi connectivity index (χ1) is 11.2. The number of benzene rings is 1. The molecule has 2 aliphatic carbocycles. The molecule has 2 aliphatic rings. The molecule has 1 aromatic carbocycles. The van der Waals surface area contributed by atoms with Crippen molar-refractivity contribution in [1.29, 1.82) is 0 Å². The highest BCUT2D eigenvalue weighted by Crippen LogP contribution is 2.39. The van der Waals surface area contributed by atoms with E-state index in [0.717, 1.165) is 13.2 Å². The number of hydrogen-bond donors (Lipinski definition) is 1. The van der Waals surface area contributed by atoms with Crippen LogP contribution in [0.3, 0.4) is 0 Å². The average molecular weight is 315 g/mol. The molecule has 0 unspecified atom stereocenters. The molecule has 1 N–H and O–H groups in total. The highest BCUT2D eigenvalue weighted by molar-refractivity contribution is 5.77. The summed E-state index contributed by atoms with van der Waals surface area (Å²) >= 11 is 0. The van der Waals surface area contributed by atoms with E-state index in [1.165, 1.54) is 56.1 Å². The lowest BCUT2D eigenvalue weighted by Crippen LogP contribution is -2.43. The zero-order valence-corrected chi connectivity index (χ0v) is 14.3. The summed E-state index contributed by atoms with van der Waals surface area (Å²) < 4.78 is 5.50. The van der Waals surface area contributed by atoms with Crippen LogP contribution < -0.4 is 5.32 Å². The summed E-state index contributed by atoms with van der Waals surface area (Å²) in [6, 6.07) is 8.81. The van der Waals surface area contributed by atoms with Crippen LogP contribution in [0.15, 0.2) is 24.3 Å². The molecule has 3 rings (SSSR count). The average Bonchev–Trinajstić information content (AvgIpc) is 3.38. The molecule has 126 valence electrons. The highest BCUT2D eigenvalue weighted by Gasteiger charge is 2.34. The van der Waals surface area contributed by atoms with E-state index in [1.54, 1.807) is 0 Å². The van der Waals surface area contributed by atoms with Gasteiger partial charge in [-0.15, -0.1) is 0 Å². The van der Waals surface area contributed by atoms with Crippen molar-refractivity contribution in [3.8, 4) is 0 Å². The van der Waals surface area contributed by atoms with E-state index in [4.69, 9.17) is 4.74 Å². The molecule has 23 heavy (non-hydrogen) atoms. The Kier molecular flexibility index (Phi) is 5.37. The number of rotatable bonds is 7. The minimum absolute atomic E-state index is 0.0308. The van der Waals surface area contributed by atoms with Crippen molar-refractivity contribution in [3.63, 3.8) is 0 Å². The molecular weight excluding hydrogens is 286 g/mol. The second kappa shape index (κ2) is 7.48. The van der Waals surface area contributed by atoms with E-state index in [1.807, 2.05) is 0 Å². The summed E-state index contributed by atoms with van der Waals surface area (Å²) in [4.78, 5) is 12.1. The summed E-state index contributed by atoms with van der Waals surface area (Å²) in [5.41, 5.74) is 2.79. The second-order valence-electron chi connectivity index (χ2n) is 7.45. The van der Waals surface area contributed by atoms with Crippen LogP contribution in [0.4, 0.5) is 0 Å². The minimum atomic E-state index is 0.0308. The van der Waals surface area contributed by atoms with Gasteiger partial charge in [-0.1, -0.05) is 49.1 Å². The molecule has 3 nitrogen and oxygen atoms in total. The summed E-state index contributed by atoms with van der Waals surface area (Å²) in [7, 11) is 0. The van der Waals surface area contributed by atoms with Crippen LogP contribution in [0.2, 0.25) is 0 Å². The molecule has 0 aliphatic heterocycles. The third-order valence-corrected chi connectivity index (χ3v) is 5.35. The number of ether oxygens (including phenoxy) is 1. The fraction of sp³-hybridized carbons (Fsp3) is 0.650. The van der Waals surface area contributed by atoms with Gasteiger partial charge in [0.15, 0.2) is 0 Å². The number of carbonyl (C=O) groups is 1. The minimum Gasteiger partial charge on any atom is -0.371 e. The Labute approximate surface area is 139 Å². The third kappa shape index (κ3) is 4.57. The van der Waals surface area contributed by atoms with Gasteiger partial charge in [-0.3, -0.25) is 4.79 Å². The van der Waals surface area contributed by atoms with Crippen molar-refractivity contribution < 1.29 is 9.53 Å². The summed E-state index contributed by atoms with van der Waals surface area (Å²) in [6.07, 6.45) is 8.67. The number of amides is 1. The van der Waals surface area contributed by atoms with E-state index >= 15 is 0 Å². The van der Waals surface area contributed by atoms with Crippen molar-refractivity contribution in [2.75, 3.05) is 19.8 Å². The van der Waals surface area contributed by atoms with Gasteiger partial charge in [-0.2, -0.15) is 0 Å². The zero-order chi connectivity index (χ0) is 16.1. The molecule has 1 aromatic rings. The Hall–Kier alpha value is -1.35. The Morgan fingerprint density at radius 2 is 2.04 bits per heavy atom. The summed E-state index contributed by atoms with van der Waals surface area (Å²) in [6.45, 7) is 3.84. The van der Waals surface area contributed by atoms with Gasteiger partial charge in [0.1, 0.15) is 6.61 Å². The van der Waals surface area contributed by atoms with Crippen LogP contribution in [0, 0.1) is 12.8 Å². The fourth-order valence-corrected chi connectivity index (χ4v) is 3.69. The maximum Gasteiger partial charge on any atom is 0.246 e. The second-order valence-corrected chi connectivity index (χ2v) is 7.45. The molecule has 0 spiro atoms. The topological polar surface area (TPSA) is 38.3 Å². The van der Waals surface area contributed by atoms with Crippen molar-refractivity contribution in [3.05, 3.63) is 35.4 Å². The lowest BCUT2D eigenvalue weighted by Gasteiger charge is -2.38. The largest absolute Gasteiger partial charge is 0.371 e. The SMILES string of the molecule is Cc1cccc(C2(CNC(=O)COCC3CC3)CCCCC2)c1. The number of nitrogens with one attached hydrogen (secondary N) is 1. The van der Waals surface area contributed by atoms with Gasteiger partial charge in [0.05, 0.1) is 6.61 Å². The Morgan fingerprint density at radius 1 is 1.26 bits per heavy atom. The van der Waals surface area contributed by atoms with Gasteiger partial charge in [-0.25, -0.2) is 0 Å². The normalized spacial score (nSPS) is 20.2. The molecular formula is C20H29NO2. The molecule has 0 heterocycles. The predicted molar refractivity (Wildman–Crippen MR) is 92.5 cm³/mol. The van der Waals surface area contributed by atoms with Gasteiger partial charge >= 0.3 is 0 Å². The number of aryl methyl sites for hydroxylation is 1. The van der Waals surface area contributed by atoms with Gasteiger partial charge < -0.3 is 10.1 Å². The molecule has 0 aromatic heterocycles. The number of carbonyl (C=O) groups excluding carboxylic acids is 1. The first kappa shape index (κ1) is 16.5. The maximum absolute atomic E-state index is 12.1. The molecule has 2 fully saturated rings. The van der Waals surface area contributed by atoms with Crippen molar-refractivity contribution in [2.24, 2.45) is 5.92 Å². The lowest BCUT2D eigenvalue weighted by molar-refractivity contribution is -0.126. The van der Waals surface area contributed by atoms with Crippen LogP contribution in [0.5, 0.6) is 0 Å². The van der Waals surface area contributed by atoms with Crippen molar-refractivity contribution >= 4 is 5.91 Å². The predicted octanol–water partition coefficient (Wildman–Crippen LogP) is 3.74. The highest BCUT2D eigenvalue weighted by atomic mass is 16.5. The quantitative estimate of drug-likeness (QED) is 0.832. The molecule has 0 atom stereocenters. The molecule has 3 heteroatoms. The Balaban J connectivity index is 1.58. The lowest BCUT2D eigenvalue weighted by atomic mass is 9.69. The van der Waals surface area contributed by atoms with E-state index < -0.39 is 0 Å². The standard InChI is InChI=1S/C20H29NO2/c1-16-6-5-7-18(12-16)20(10-3-2-4-11-20)15-21-19(22)14-23-13-17-8-9-17/h5-7,12,17H,2-4,8-11,13-15H2,1H3,(H,21,22). The van der Waals surface area contributed by atoms with Crippen LogP contribution in [-0.4, -0.2) is 25.7 Å². The molecule has 0 bridgehead atoms. The van der Waals surface area contributed by atoms with Crippen LogP contribution in [-0.2, 0) is 14.9 Å². The van der Waals surface area contributed by atoms with E-state index in [2.05, 4.69) is 36.5 Å². The first-order valence-corrected chi connectivity index (χ1v) is 9.10. The maximum atomic E-state index is 12.1. The van der Waals surface area contributed by atoms with E-state index in [0.29, 0.717) is 5.92 Å². The van der Waals surface area contributed by atoms with Gasteiger partial charge in [0, 0.05) is 12.0 Å². The van der Waals surface area contributed by atoms with E-state index in [-0.39, 0.29) is 17.9 Å². The van der Waals surface area contributed by atoms with Crippen LogP contribution >= 0.6 is 0 Å². The molecule has 0 radical (unpaired) electrons. The van der Waals surface area contributed by atoms with Gasteiger partial charge in [0.2, 0.25) is 5.91 Å². The first-order valence-electron chi connectivity index (χ1n) is 9.10. The molecule has 1 amide bonds. The Morgan fingerprint density at radius 3 is 2.74 bits per heavy atom. The van der Waals surface area contributed by atoms with Crippen molar-refractivity contribution in [2.45, 2.75) is 57.3 Å². The van der Waals surface area contributed by atoms with E-state index in [9.17, 15) is 4.79 Å². The van der Waals surface area contributed by atoms with Gasteiger partial charge in [0.25, 0.3) is 0 Å². The monoisotopic (exact) mass is 315 g/mol. The third-order valence-electron chi connectivity index (χ3n) is 5.35. The smallest absolute Gasteiger partial charge is 0.246 e. The number of hydrogen-bond acceptors (Lipinski definition) is 2. The van der Waals surface area contributed by atoms with Crippen LogP contribution in [0.1, 0.15) is 56.1 Å². The molecule has 0 saturated heterocycles. The molecule has 2 saturated carbocycles. The van der Waals surface area contributed by atoms with Crippen molar-refractivity contribution in [1.82, 2.24) is 5.32 Å². The van der Waals surface area contributed by atoms with Gasteiger partial charge in [-0.05, 0) is 44.1 Å². The summed E-state index contributed by atoms with van der Waals surface area (Å²) in [5.74, 6) is 0.739. The van der Waals surface area contributed by atoms with Crippen LogP contribution in [0.25, 0.3) is 0 Å². The summed E-state index contributed by atoms with van der Waals surface area (Å²) in [5, 5.41) is 3.14.